The van der Waals surface area contributed by atoms with E-state index >= 15 is 0 Å². The molecule has 114 valence electrons. The van der Waals surface area contributed by atoms with Crippen molar-refractivity contribution in [1.82, 2.24) is 10.2 Å². The maximum atomic E-state index is 12.1. The first-order valence-electron chi connectivity index (χ1n) is 6.85. The Kier molecular flexibility index (Phi) is 5.79. The number of carboxylic acids is 1. The molecule has 7 heteroatoms. The van der Waals surface area contributed by atoms with E-state index in [2.05, 4.69) is 5.32 Å². The molecule has 1 heterocycles. The highest BCUT2D eigenvalue weighted by atomic mass is 16.5. The summed E-state index contributed by atoms with van der Waals surface area (Å²) < 4.78 is 4.93. The van der Waals surface area contributed by atoms with Gasteiger partial charge in [-0.1, -0.05) is 13.8 Å². The van der Waals surface area contributed by atoms with Gasteiger partial charge >= 0.3 is 18.0 Å². The van der Waals surface area contributed by atoms with Gasteiger partial charge in [-0.2, -0.15) is 0 Å². The smallest absolute Gasteiger partial charge is 0.328 e. The van der Waals surface area contributed by atoms with Crippen molar-refractivity contribution < 1.29 is 24.2 Å². The Morgan fingerprint density at radius 3 is 2.55 bits per heavy atom. The van der Waals surface area contributed by atoms with E-state index in [1.165, 1.54) is 4.90 Å². The Bertz CT molecular complexity index is 383. The van der Waals surface area contributed by atoms with Crippen molar-refractivity contribution in [1.29, 1.82) is 0 Å². The second kappa shape index (κ2) is 7.12. The largest absolute Gasteiger partial charge is 0.480 e. The van der Waals surface area contributed by atoms with Crippen molar-refractivity contribution in [2.75, 3.05) is 13.2 Å². The number of rotatable bonds is 5. The fraction of sp³-hybridized carbons (Fsp3) is 0.769. The number of esters is 1. The fourth-order valence-corrected chi connectivity index (χ4v) is 2.22. The second-order valence-electron chi connectivity index (χ2n) is 5.11. The molecule has 0 saturated carbocycles. The minimum atomic E-state index is -1.08. The van der Waals surface area contributed by atoms with E-state index in [1.54, 1.807) is 20.8 Å². The van der Waals surface area contributed by atoms with Crippen LogP contribution in [0.25, 0.3) is 0 Å². The summed E-state index contributed by atoms with van der Waals surface area (Å²) in [6.07, 6.45) is 1.25. The third-order valence-electron chi connectivity index (χ3n) is 3.28. The van der Waals surface area contributed by atoms with Gasteiger partial charge in [0, 0.05) is 6.54 Å². The molecule has 0 bridgehead atoms. The number of hydrogen-bond acceptors (Lipinski definition) is 4. The molecule has 2 N–H and O–H groups in total. The summed E-state index contributed by atoms with van der Waals surface area (Å²) in [5.41, 5.74) is 0. The van der Waals surface area contributed by atoms with Gasteiger partial charge in [0.2, 0.25) is 0 Å². The number of aliphatic carboxylic acids is 1. The van der Waals surface area contributed by atoms with Crippen LogP contribution in [0.15, 0.2) is 0 Å². The Hall–Kier alpha value is -1.79. The van der Waals surface area contributed by atoms with Crippen LogP contribution in [0.3, 0.4) is 0 Å². The highest BCUT2D eigenvalue weighted by Gasteiger charge is 2.36. The SMILES string of the molecule is CCOC(=O)C1CCCN1C(=O)NC(C(=O)O)C(C)C. The normalized spacial score (nSPS) is 19.8. The van der Waals surface area contributed by atoms with Crippen LogP contribution in [-0.4, -0.2) is 53.2 Å². The summed E-state index contributed by atoms with van der Waals surface area (Å²) in [7, 11) is 0. The minimum Gasteiger partial charge on any atom is -0.480 e. The number of urea groups is 1. The molecule has 1 aliphatic rings. The average molecular weight is 286 g/mol. The van der Waals surface area contributed by atoms with Gasteiger partial charge in [0.05, 0.1) is 6.61 Å². The summed E-state index contributed by atoms with van der Waals surface area (Å²) >= 11 is 0. The van der Waals surface area contributed by atoms with Crippen molar-refractivity contribution in [3.05, 3.63) is 0 Å². The zero-order valence-electron chi connectivity index (χ0n) is 12.1. The van der Waals surface area contributed by atoms with E-state index in [0.29, 0.717) is 19.4 Å². The lowest BCUT2D eigenvalue weighted by Crippen LogP contribution is -2.53. The molecule has 0 aromatic carbocycles. The predicted octanol–water partition coefficient (Wildman–Crippen LogP) is 0.833. The number of likely N-dealkylation sites (tertiary alicyclic amines) is 1. The van der Waals surface area contributed by atoms with Crippen molar-refractivity contribution in [2.45, 2.75) is 45.7 Å². The van der Waals surface area contributed by atoms with Crippen molar-refractivity contribution in [2.24, 2.45) is 5.92 Å². The molecule has 7 nitrogen and oxygen atoms in total. The first-order chi connectivity index (χ1) is 9.38. The van der Waals surface area contributed by atoms with Crippen LogP contribution >= 0.6 is 0 Å². The van der Waals surface area contributed by atoms with Gasteiger partial charge in [-0.3, -0.25) is 0 Å². The van der Waals surface area contributed by atoms with Crippen LogP contribution in [0.5, 0.6) is 0 Å². The number of nitrogens with one attached hydrogen (secondary N) is 1. The van der Waals surface area contributed by atoms with Gasteiger partial charge in [-0.15, -0.1) is 0 Å². The molecule has 0 radical (unpaired) electrons. The third kappa shape index (κ3) is 3.85. The molecule has 2 unspecified atom stereocenters. The molecule has 0 spiro atoms. The first kappa shape index (κ1) is 16.3. The molecule has 0 aromatic rings. The van der Waals surface area contributed by atoms with Crippen molar-refractivity contribution in [3.8, 4) is 0 Å². The minimum absolute atomic E-state index is 0.236. The highest BCUT2D eigenvalue weighted by molar-refractivity contribution is 5.87. The summed E-state index contributed by atoms with van der Waals surface area (Å²) in [5, 5.41) is 11.5. The van der Waals surface area contributed by atoms with Crippen LogP contribution in [0.4, 0.5) is 4.79 Å². The third-order valence-corrected chi connectivity index (χ3v) is 3.28. The number of ether oxygens (including phenoxy) is 1. The lowest BCUT2D eigenvalue weighted by molar-refractivity contribution is -0.147. The Labute approximate surface area is 118 Å². The summed E-state index contributed by atoms with van der Waals surface area (Å²) in [6.45, 7) is 5.82. The molecule has 0 aliphatic carbocycles. The monoisotopic (exact) mass is 286 g/mol. The van der Waals surface area contributed by atoms with Gasteiger partial charge in [-0.25, -0.2) is 14.4 Å². The molecule has 1 fully saturated rings. The summed E-state index contributed by atoms with van der Waals surface area (Å²) in [5.74, 6) is -1.75. The van der Waals surface area contributed by atoms with E-state index in [0.717, 1.165) is 0 Å². The van der Waals surface area contributed by atoms with Gasteiger partial charge in [0.25, 0.3) is 0 Å². The zero-order chi connectivity index (χ0) is 15.3. The molecule has 2 atom stereocenters. The van der Waals surface area contributed by atoms with E-state index in [9.17, 15) is 14.4 Å². The van der Waals surface area contributed by atoms with Crippen LogP contribution < -0.4 is 5.32 Å². The number of amides is 2. The maximum absolute atomic E-state index is 12.1. The van der Waals surface area contributed by atoms with Crippen LogP contribution in [0.1, 0.15) is 33.6 Å². The highest BCUT2D eigenvalue weighted by Crippen LogP contribution is 2.19. The standard InChI is InChI=1S/C13H22N2O5/c1-4-20-12(18)9-6-5-7-15(9)13(19)14-10(8(2)3)11(16)17/h8-10H,4-7H2,1-3H3,(H,14,19)(H,16,17). The van der Waals surface area contributed by atoms with Crippen LogP contribution in [0.2, 0.25) is 0 Å². The summed E-state index contributed by atoms with van der Waals surface area (Å²) in [4.78, 5) is 36.3. The predicted molar refractivity (Wildman–Crippen MR) is 71.2 cm³/mol. The number of hydrogen-bond donors (Lipinski definition) is 2. The van der Waals surface area contributed by atoms with Crippen molar-refractivity contribution >= 4 is 18.0 Å². The number of carboxylic acid groups (broad SMARTS) is 1. The second-order valence-corrected chi connectivity index (χ2v) is 5.11. The van der Waals surface area contributed by atoms with Crippen LogP contribution in [0, 0.1) is 5.92 Å². The van der Waals surface area contributed by atoms with E-state index in [1.807, 2.05) is 0 Å². The van der Waals surface area contributed by atoms with Crippen LogP contribution in [-0.2, 0) is 14.3 Å². The Morgan fingerprint density at radius 1 is 1.40 bits per heavy atom. The topological polar surface area (TPSA) is 95.9 Å². The first-order valence-corrected chi connectivity index (χ1v) is 6.85. The van der Waals surface area contributed by atoms with E-state index < -0.39 is 30.1 Å². The van der Waals surface area contributed by atoms with Gasteiger partial charge < -0.3 is 20.1 Å². The molecular formula is C13H22N2O5. The zero-order valence-corrected chi connectivity index (χ0v) is 12.1. The van der Waals surface area contributed by atoms with Gasteiger partial charge in [-0.05, 0) is 25.7 Å². The van der Waals surface area contributed by atoms with E-state index in [4.69, 9.17) is 9.84 Å². The molecule has 0 aromatic heterocycles. The average Bonchev–Trinajstić information content (AvgIpc) is 2.84. The number of nitrogens with zero attached hydrogens (tertiary/aromatic N) is 1. The quantitative estimate of drug-likeness (QED) is 0.730. The van der Waals surface area contributed by atoms with Gasteiger partial charge in [0.1, 0.15) is 12.1 Å². The molecular weight excluding hydrogens is 264 g/mol. The molecule has 2 amide bonds. The van der Waals surface area contributed by atoms with E-state index in [-0.39, 0.29) is 12.5 Å². The Morgan fingerprint density at radius 2 is 2.05 bits per heavy atom. The molecule has 1 rings (SSSR count). The lowest BCUT2D eigenvalue weighted by atomic mass is 10.1. The number of carbonyl (C=O) groups excluding carboxylic acids is 2. The van der Waals surface area contributed by atoms with Crippen molar-refractivity contribution in [3.63, 3.8) is 0 Å². The molecule has 1 aliphatic heterocycles. The molecule has 20 heavy (non-hydrogen) atoms. The number of carbonyl (C=O) groups is 3. The van der Waals surface area contributed by atoms with Gasteiger partial charge in [0.15, 0.2) is 0 Å². The molecule has 1 saturated heterocycles. The maximum Gasteiger partial charge on any atom is 0.328 e. The lowest BCUT2D eigenvalue weighted by Gasteiger charge is -2.26. The summed E-state index contributed by atoms with van der Waals surface area (Å²) in [6, 6.07) is -2.11. The fourth-order valence-electron chi connectivity index (χ4n) is 2.22. The Balaban J connectivity index is 2.70.